The molecule has 2 aromatic carbocycles. The van der Waals surface area contributed by atoms with Crippen molar-refractivity contribution in [2.45, 2.75) is 12.6 Å². The first-order valence-corrected chi connectivity index (χ1v) is 7.27. The maximum Gasteiger partial charge on any atom is 0.416 e. The highest BCUT2D eigenvalue weighted by molar-refractivity contribution is 7.82. The average Bonchev–Trinajstić information content (AvgIpc) is 2.55. The monoisotopic (exact) mass is 357 g/mol. The van der Waals surface area contributed by atoms with Crippen LogP contribution in [0.3, 0.4) is 0 Å². The Morgan fingerprint density at radius 1 is 1.21 bits per heavy atom. The third-order valence-corrected chi connectivity index (χ3v) is 3.60. The van der Waals surface area contributed by atoms with Crippen LogP contribution >= 0.6 is 12.8 Å². The van der Waals surface area contributed by atoms with Gasteiger partial charge < -0.3 is 5.32 Å². The molecule has 2 rings (SSSR count). The molecule has 8 heteroatoms. The Balaban J connectivity index is 1.98. The Morgan fingerprint density at radius 3 is 2.50 bits per heavy atom. The lowest BCUT2D eigenvalue weighted by molar-refractivity contribution is -0.138. The van der Waals surface area contributed by atoms with Crippen molar-refractivity contribution in [1.29, 1.82) is 0 Å². The number of benzene rings is 2. The molecule has 0 spiro atoms. The largest absolute Gasteiger partial charge is 0.416 e. The molecular weight excluding hydrogens is 344 g/mol. The molecule has 0 bridgehead atoms. The smallest absolute Gasteiger partial charge is 0.337 e. The third-order valence-electron chi connectivity index (χ3n) is 3.19. The van der Waals surface area contributed by atoms with Crippen molar-refractivity contribution in [3.8, 4) is 0 Å². The van der Waals surface area contributed by atoms with Gasteiger partial charge in [0.2, 0.25) is 0 Å². The fraction of sp³-hybridized carbons (Fsp3) is 0.188. The standard InChI is InChI=1S/C16H13F4N2OS/c17-12-7-6-11(14(10-12)16(18,19)20)8-9-21-15(23)22(24)13-4-2-1-3-5-13/h2-7,10,24H,8-9H2,(H,21,23). The second-order valence-corrected chi connectivity index (χ2v) is 5.25. The summed E-state index contributed by atoms with van der Waals surface area (Å²) in [5, 5.41) is 2.46. The number of thiol groups is 1. The second kappa shape index (κ2) is 7.57. The number of carbonyl (C=O) groups excluding carboxylic acids is 1. The Kier molecular flexibility index (Phi) is 5.71. The molecule has 0 atom stereocenters. The zero-order valence-corrected chi connectivity index (χ0v) is 13.2. The molecule has 0 heterocycles. The van der Waals surface area contributed by atoms with Gasteiger partial charge in [-0.3, -0.25) is 0 Å². The molecule has 0 saturated heterocycles. The summed E-state index contributed by atoms with van der Waals surface area (Å²) < 4.78 is 52.7. The summed E-state index contributed by atoms with van der Waals surface area (Å²) in [5.41, 5.74) is -0.644. The van der Waals surface area contributed by atoms with Crippen LogP contribution < -0.4 is 9.62 Å². The minimum Gasteiger partial charge on any atom is -0.337 e. The molecule has 0 unspecified atom stereocenters. The minimum absolute atomic E-state index is 0.0520. The second-order valence-electron chi connectivity index (χ2n) is 4.85. The van der Waals surface area contributed by atoms with Gasteiger partial charge in [-0.05, 0) is 42.3 Å². The van der Waals surface area contributed by atoms with Gasteiger partial charge in [-0.25, -0.2) is 13.5 Å². The van der Waals surface area contributed by atoms with E-state index >= 15 is 0 Å². The van der Waals surface area contributed by atoms with Crippen molar-refractivity contribution >= 4 is 24.5 Å². The fourth-order valence-corrected chi connectivity index (χ4v) is 2.25. The molecule has 24 heavy (non-hydrogen) atoms. The van der Waals surface area contributed by atoms with Crippen LogP contribution in [0.25, 0.3) is 0 Å². The molecule has 0 aliphatic heterocycles. The van der Waals surface area contributed by atoms with Gasteiger partial charge in [0.15, 0.2) is 0 Å². The van der Waals surface area contributed by atoms with Crippen molar-refractivity contribution in [1.82, 2.24) is 5.32 Å². The van der Waals surface area contributed by atoms with E-state index in [1.165, 1.54) is 0 Å². The van der Waals surface area contributed by atoms with E-state index in [0.717, 1.165) is 16.4 Å². The fourth-order valence-electron chi connectivity index (χ4n) is 2.05. The summed E-state index contributed by atoms with van der Waals surface area (Å²) in [7, 11) is 0. The van der Waals surface area contributed by atoms with Gasteiger partial charge in [0.25, 0.3) is 0 Å². The molecular formula is C16H13F4N2OS. The SMILES string of the molecule is O=C(NCCc1ccc(F)cc1C(F)(F)F)N(S)c1cc[c]cc1. The summed E-state index contributed by atoms with van der Waals surface area (Å²) in [6, 6.07) is 11.1. The van der Waals surface area contributed by atoms with E-state index in [-0.39, 0.29) is 18.5 Å². The number of carbonyl (C=O) groups is 1. The molecule has 0 aromatic heterocycles. The maximum atomic E-state index is 13.0. The van der Waals surface area contributed by atoms with E-state index in [2.05, 4.69) is 24.2 Å². The number of alkyl halides is 3. The number of halogens is 4. The number of nitrogens with zero attached hydrogens (tertiary/aromatic N) is 1. The number of amides is 2. The molecule has 1 N–H and O–H groups in total. The predicted octanol–water partition coefficient (Wildman–Crippen LogP) is 4.25. The van der Waals surface area contributed by atoms with Gasteiger partial charge in [0, 0.05) is 6.54 Å². The van der Waals surface area contributed by atoms with E-state index in [1.807, 2.05) is 0 Å². The first kappa shape index (κ1) is 18.1. The van der Waals surface area contributed by atoms with Crippen molar-refractivity contribution in [2.75, 3.05) is 10.8 Å². The number of hydrogen-bond donors (Lipinski definition) is 2. The quantitative estimate of drug-likeness (QED) is 0.622. The molecule has 0 aliphatic rings. The van der Waals surface area contributed by atoms with Gasteiger partial charge in [0.1, 0.15) is 5.82 Å². The number of nitrogens with one attached hydrogen (secondary N) is 1. The molecule has 0 aliphatic carbocycles. The zero-order chi connectivity index (χ0) is 17.7. The third kappa shape index (κ3) is 4.64. The summed E-state index contributed by atoms with van der Waals surface area (Å²) >= 11 is 4.03. The van der Waals surface area contributed by atoms with Crippen LogP contribution in [0.2, 0.25) is 0 Å². The first-order valence-electron chi connectivity index (χ1n) is 6.87. The van der Waals surface area contributed by atoms with Crippen LogP contribution in [-0.2, 0) is 12.6 Å². The van der Waals surface area contributed by atoms with Crippen LogP contribution in [0.5, 0.6) is 0 Å². The topological polar surface area (TPSA) is 32.3 Å². The predicted molar refractivity (Wildman–Crippen MR) is 85.2 cm³/mol. The molecule has 0 fully saturated rings. The maximum absolute atomic E-state index is 13.0. The van der Waals surface area contributed by atoms with E-state index in [9.17, 15) is 22.4 Å². The highest BCUT2D eigenvalue weighted by atomic mass is 32.1. The highest BCUT2D eigenvalue weighted by Gasteiger charge is 2.33. The Morgan fingerprint density at radius 2 is 1.88 bits per heavy atom. The van der Waals surface area contributed by atoms with Gasteiger partial charge >= 0.3 is 12.2 Å². The average molecular weight is 357 g/mol. The van der Waals surface area contributed by atoms with Crippen molar-refractivity contribution in [3.63, 3.8) is 0 Å². The lowest BCUT2D eigenvalue weighted by Crippen LogP contribution is -2.35. The number of urea groups is 1. The van der Waals surface area contributed by atoms with E-state index < -0.39 is 23.6 Å². The van der Waals surface area contributed by atoms with Gasteiger partial charge in [-0.2, -0.15) is 13.2 Å². The van der Waals surface area contributed by atoms with Crippen molar-refractivity contribution < 1.29 is 22.4 Å². The van der Waals surface area contributed by atoms with E-state index in [4.69, 9.17) is 0 Å². The zero-order valence-electron chi connectivity index (χ0n) is 12.3. The molecule has 0 saturated carbocycles. The molecule has 127 valence electrons. The normalized spacial score (nSPS) is 11.2. The number of hydrogen-bond acceptors (Lipinski definition) is 2. The van der Waals surface area contributed by atoms with Crippen LogP contribution in [-0.4, -0.2) is 12.6 Å². The van der Waals surface area contributed by atoms with E-state index in [0.29, 0.717) is 11.8 Å². The van der Waals surface area contributed by atoms with Crippen LogP contribution in [0.4, 0.5) is 28.0 Å². The Labute approximate surface area is 141 Å². The Bertz CT molecular complexity index is 707. The van der Waals surface area contributed by atoms with Gasteiger partial charge in [0.05, 0.1) is 11.3 Å². The van der Waals surface area contributed by atoms with Crippen LogP contribution in [0.1, 0.15) is 11.1 Å². The summed E-state index contributed by atoms with van der Waals surface area (Å²) in [5.74, 6) is -0.961. The van der Waals surface area contributed by atoms with E-state index in [1.54, 1.807) is 24.3 Å². The molecule has 2 amide bonds. The lowest BCUT2D eigenvalue weighted by Gasteiger charge is -2.17. The summed E-state index contributed by atoms with van der Waals surface area (Å²) in [4.78, 5) is 11.9. The van der Waals surface area contributed by atoms with Crippen molar-refractivity contribution in [2.24, 2.45) is 0 Å². The number of rotatable bonds is 4. The molecule has 3 nitrogen and oxygen atoms in total. The summed E-state index contributed by atoms with van der Waals surface area (Å²) in [6.07, 6.45) is -4.75. The Hall–Kier alpha value is -2.22. The molecule has 1 radical (unpaired) electrons. The first-order chi connectivity index (χ1) is 11.3. The molecule has 2 aromatic rings. The lowest BCUT2D eigenvalue weighted by atomic mass is 10.0. The number of anilines is 1. The summed E-state index contributed by atoms with van der Waals surface area (Å²) in [6.45, 7) is -0.0520. The van der Waals surface area contributed by atoms with Crippen LogP contribution in [0.15, 0.2) is 42.5 Å². The highest BCUT2D eigenvalue weighted by Crippen LogP contribution is 2.32. The van der Waals surface area contributed by atoms with Crippen molar-refractivity contribution in [3.05, 3.63) is 65.5 Å². The van der Waals surface area contributed by atoms with Gasteiger partial charge in [-0.15, -0.1) is 0 Å². The van der Waals surface area contributed by atoms with Gasteiger partial charge in [-0.1, -0.05) is 31.0 Å². The van der Waals surface area contributed by atoms with Crippen LogP contribution in [0, 0.1) is 11.9 Å². The minimum atomic E-state index is -4.66.